The van der Waals surface area contributed by atoms with Crippen LogP contribution in [-0.4, -0.2) is 23.4 Å². The van der Waals surface area contributed by atoms with Crippen molar-refractivity contribution in [1.82, 2.24) is 0 Å². The smallest absolute Gasteiger partial charge is 0.0497 e. The van der Waals surface area contributed by atoms with Crippen molar-refractivity contribution in [2.45, 2.75) is 12.8 Å². The van der Waals surface area contributed by atoms with Gasteiger partial charge in [0.25, 0.3) is 0 Å². The predicted molar refractivity (Wildman–Crippen MR) is 68.6 cm³/mol. The topological polar surface area (TPSA) is 40.5 Å². The summed E-state index contributed by atoms with van der Waals surface area (Å²) in [6.07, 6.45) is 4.20. The molecule has 1 aliphatic carbocycles. The van der Waals surface area contributed by atoms with Crippen LogP contribution >= 0.6 is 0 Å². The average molecular weight is 232 g/mol. The molecular formula is C15H20O2. The van der Waals surface area contributed by atoms with Gasteiger partial charge in [0.05, 0.1) is 0 Å². The number of benzene rings is 1. The van der Waals surface area contributed by atoms with Crippen LogP contribution in [0.3, 0.4) is 0 Å². The summed E-state index contributed by atoms with van der Waals surface area (Å²) in [6, 6.07) is 10.3. The summed E-state index contributed by atoms with van der Waals surface area (Å²) in [5.74, 6) is 0.879. The van der Waals surface area contributed by atoms with Crippen LogP contribution in [0, 0.1) is 17.8 Å². The average Bonchev–Trinajstić information content (AvgIpc) is 2.39. The van der Waals surface area contributed by atoms with E-state index >= 15 is 0 Å². The van der Waals surface area contributed by atoms with Crippen molar-refractivity contribution in [1.29, 1.82) is 0 Å². The molecule has 0 spiro atoms. The third kappa shape index (κ3) is 2.43. The molecule has 1 aromatic rings. The fourth-order valence-corrected chi connectivity index (χ4v) is 2.91. The second-order valence-corrected chi connectivity index (χ2v) is 4.87. The highest BCUT2D eigenvalue weighted by molar-refractivity contribution is 5.25. The van der Waals surface area contributed by atoms with Crippen molar-refractivity contribution in [3.05, 3.63) is 48.0 Å². The van der Waals surface area contributed by atoms with E-state index in [0.717, 1.165) is 0 Å². The molecule has 0 amide bonds. The molecule has 4 atom stereocenters. The Bertz CT molecular complexity index is 372. The molecule has 0 radical (unpaired) electrons. The zero-order valence-corrected chi connectivity index (χ0v) is 10.2. The lowest BCUT2D eigenvalue weighted by Crippen LogP contribution is -2.33. The van der Waals surface area contributed by atoms with Gasteiger partial charge in [0, 0.05) is 19.1 Å². The van der Waals surface area contributed by atoms with E-state index in [2.05, 4.69) is 25.1 Å². The van der Waals surface area contributed by atoms with E-state index in [1.807, 2.05) is 24.3 Å². The first-order valence-corrected chi connectivity index (χ1v) is 6.23. The Morgan fingerprint density at radius 1 is 1.00 bits per heavy atom. The van der Waals surface area contributed by atoms with Crippen molar-refractivity contribution >= 4 is 0 Å². The van der Waals surface area contributed by atoms with Crippen LogP contribution in [0.5, 0.6) is 0 Å². The zero-order chi connectivity index (χ0) is 12.3. The van der Waals surface area contributed by atoms with Crippen molar-refractivity contribution in [2.24, 2.45) is 17.8 Å². The Kier molecular flexibility index (Phi) is 3.97. The number of aliphatic hydroxyl groups is 2. The summed E-state index contributed by atoms with van der Waals surface area (Å²) in [5, 5.41) is 19.0. The lowest BCUT2D eigenvalue weighted by Gasteiger charge is -2.37. The Labute approximate surface area is 103 Å². The molecular weight excluding hydrogens is 212 g/mol. The highest BCUT2D eigenvalue weighted by Crippen LogP contribution is 2.40. The first kappa shape index (κ1) is 12.3. The quantitative estimate of drug-likeness (QED) is 0.784. The van der Waals surface area contributed by atoms with Gasteiger partial charge in [0.1, 0.15) is 0 Å². The van der Waals surface area contributed by atoms with Gasteiger partial charge in [0.2, 0.25) is 0 Å². The minimum absolute atomic E-state index is 0.0707. The summed E-state index contributed by atoms with van der Waals surface area (Å²) < 4.78 is 0. The Morgan fingerprint density at radius 2 is 1.71 bits per heavy atom. The molecule has 2 N–H and O–H groups in total. The molecule has 0 bridgehead atoms. The summed E-state index contributed by atoms with van der Waals surface area (Å²) >= 11 is 0. The highest BCUT2D eigenvalue weighted by atomic mass is 16.3. The van der Waals surface area contributed by atoms with Crippen LogP contribution in [0.2, 0.25) is 0 Å². The molecule has 0 fully saturated rings. The number of aliphatic hydroxyl groups excluding tert-OH is 2. The van der Waals surface area contributed by atoms with Crippen LogP contribution in [-0.2, 0) is 0 Å². The zero-order valence-electron chi connectivity index (χ0n) is 10.2. The molecule has 0 aromatic heterocycles. The molecule has 0 saturated heterocycles. The van der Waals surface area contributed by atoms with E-state index in [4.69, 9.17) is 0 Å². The molecule has 2 nitrogen and oxygen atoms in total. The van der Waals surface area contributed by atoms with Gasteiger partial charge in [-0.05, 0) is 23.3 Å². The third-order valence-electron chi connectivity index (χ3n) is 3.85. The van der Waals surface area contributed by atoms with E-state index < -0.39 is 0 Å². The molecule has 0 saturated carbocycles. The van der Waals surface area contributed by atoms with Gasteiger partial charge in [-0.2, -0.15) is 0 Å². The standard InChI is InChI=1S/C15H20O2/c1-11-7-8-13(9-16)14(10-17)15(11)12-5-3-2-4-6-12/h2-8,11,13-17H,9-10H2,1H3/t11-,13-,14+,15-/m0/s1. The normalized spacial score (nSPS) is 32.6. The van der Waals surface area contributed by atoms with Gasteiger partial charge >= 0.3 is 0 Å². The fraction of sp³-hybridized carbons (Fsp3) is 0.467. The van der Waals surface area contributed by atoms with Gasteiger partial charge < -0.3 is 10.2 Å². The number of hydrogen-bond donors (Lipinski definition) is 2. The fourth-order valence-electron chi connectivity index (χ4n) is 2.91. The number of allylic oxidation sites excluding steroid dienone is 1. The maximum atomic E-state index is 9.60. The first-order chi connectivity index (χ1) is 8.27. The molecule has 2 heteroatoms. The van der Waals surface area contributed by atoms with Crippen molar-refractivity contribution in [2.75, 3.05) is 13.2 Å². The maximum absolute atomic E-state index is 9.60. The first-order valence-electron chi connectivity index (χ1n) is 6.23. The lowest BCUT2D eigenvalue weighted by atomic mass is 9.68. The third-order valence-corrected chi connectivity index (χ3v) is 3.85. The predicted octanol–water partition coefficient (Wildman–Crippen LogP) is 2.19. The van der Waals surface area contributed by atoms with E-state index in [0.29, 0.717) is 11.8 Å². The molecule has 0 heterocycles. The van der Waals surface area contributed by atoms with E-state index in [1.165, 1.54) is 5.56 Å². The van der Waals surface area contributed by atoms with Crippen molar-refractivity contribution in [3.8, 4) is 0 Å². The Balaban J connectivity index is 2.33. The minimum atomic E-state index is 0.0707. The Hall–Kier alpha value is -1.12. The summed E-state index contributed by atoms with van der Waals surface area (Å²) in [4.78, 5) is 0. The molecule has 17 heavy (non-hydrogen) atoms. The molecule has 1 aliphatic rings. The summed E-state index contributed by atoms with van der Waals surface area (Å²) in [7, 11) is 0. The molecule has 0 unspecified atom stereocenters. The van der Waals surface area contributed by atoms with Crippen molar-refractivity contribution < 1.29 is 10.2 Å². The largest absolute Gasteiger partial charge is 0.396 e. The maximum Gasteiger partial charge on any atom is 0.0497 e. The highest BCUT2D eigenvalue weighted by Gasteiger charge is 2.34. The van der Waals surface area contributed by atoms with E-state index in [9.17, 15) is 10.2 Å². The molecule has 0 aliphatic heterocycles. The van der Waals surface area contributed by atoms with Crippen molar-refractivity contribution in [3.63, 3.8) is 0 Å². The van der Waals surface area contributed by atoms with Gasteiger partial charge in [0.15, 0.2) is 0 Å². The minimum Gasteiger partial charge on any atom is -0.396 e. The number of rotatable bonds is 3. The Morgan fingerprint density at radius 3 is 2.29 bits per heavy atom. The van der Waals surface area contributed by atoms with E-state index in [1.54, 1.807) is 0 Å². The van der Waals surface area contributed by atoms with Crippen LogP contribution in [0.4, 0.5) is 0 Å². The second-order valence-electron chi connectivity index (χ2n) is 4.87. The van der Waals surface area contributed by atoms with Crippen LogP contribution in [0.25, 0.3) is 0 Å². The van der Waals surface area contributed by atoms with Gasteiger partial charge in [-0.3, -0.25) is 0 Å². The van der Waals surface area contributed by atoms with Gasteiger partial charge in [-0.25, -0.2) is 0 Å². The van der Waals surface area contributed by atoms with Gasteiger partial charge in [-0.1, -0.05) is 49.4 Å². The lowest BCUT2D eigenvalue weighted by molar-refractivity contribution is 0.108. The van der Waals surface area contributed by atoms with Crippen LogP contribution in [0.15, 0.2) is 42.5 Å². The van der Waals surface area contributed by atoms with Gasteiger partial charge in [-0.15, -0.1) is 0 Å². The molecule has 1 aromatic carbocycles. The SMILES string of the molecule is C[C@H]1C=C[C@@H](CO)[C@@H](CO)[C@@H]1c1ccccc1. The van der Waals surface area contributed by atoms with Crippen LogP contribution < -0.4 is 0 Å². The molecule has 92 valence electrons. The molecule has 2 rings (SSSR count). The number of hydrogen-bond acceptors (Lipinski definition) is 2. The second kappa shape index (κ2) is 5.48. The summed E-state index contributed by atoms with van der Waals surface area (Å²) in [6.45, 7) is 2.40. The van der Waals surface area contributed by atoms with Crippen LogP contribution in [0.1, 0.15) is 18.4 Å². The van der Waals surface area contributed by atoms with E-state index in [-0.39, 0.29) is 25.0 Å². The monoisotopic (exact) mass is 232 g/mol. The summed E-state index contributed by atoms with van der Waals surface area (Å²) in [5.41, 5.74) is 1.25.